The summed E-state index contributed by atoms with van der Waals surface area (Å²) in [7, 11) is 0. The lowest BCUT2D eigenvalue weighted by Crippen LogP contribution is -2.26. The van der Waals surface area contributed by atoms with Crippen molar-refractivity contribution in [2.24, 2.45) is 10.8 Å². The van der Waals surface area contributed by atoms with Crippen molar-refractivity contribution < 1.29 is 4.74 Å². The maximum absolute atomic E-state index is 6.41. The third kappa shape index (κ3) is 6.85. The van der Waals surface area contributed by atoms with Crippen molar-refractivity contribution in [3.05, 3.63) is 28.8 Å². The van der Waals surface area contributed by atoms with E-state index in [4.69, 9.17) is 4.74 Å². The number of hydrogen-bond acceptors (Lipinski definition) is 1. The van der Waals surface area contributed by atoms with Crippen LogP contribution in [-0.4, -0.2) is 5.60 Å². The molecule has 0 radical (unpaired) electrons. The molecule has 1 heteroatoms. The predicted molar refractivity (Wildman–Crippen MR) is 97.9 cm³/mol. The van der Waals surface area contributed by atoms with Crippen molar-refractivity contribution >= 4 is 0 Å². The minimum atomic E-state index is -0.172. The molecule has 0 aliphatic heterocycles. The molecule has 0 aliphatic carbocycles. The molecule has 1 nitrogen and oxygen atoms in total. The number of ether oxygens (including phenoxy) is 1. The van der Waals surface area contributed by atoms with Gasteiger partial charge in [-0.2, -0.15) is 0 Å². The Morgan fingerprint density at radius 1 is 0.727 bits per heavy atom. The van der Waals surface area contributed by atoms with E-state index in [0.717, 1.165) is 18.6 Å². The zero-order chi connectivity index (χ0) is 17.3. The van der Waals surface area contributed by atoms with Crippen molar-refractivity contribution in [1.82, 2.24) is 0 Å². The summed E-state index contributed by atoms with van der Waals surface area (Å²) in [6.07, 6.45) is 2.08. The lowest BCUT2D eigenvalue weighted by Gasteiger charge is -2.30. The Morgan fingerprint density at radius 3 is 1.36 bits per heavy atom. The molecule has 1 rings (SSSR count). The van der Waals surface area contributed by atoms with E-state index < -0.39 is 0 Å². The van der Waals surface area contributed by atoms with Gasteiger partial charge in [0.2, 0.25) is 0 Å². The molecule has 0 spiro atoms. The Labute approximate surface area is 138 Å². The molecule has 0 atom stereocenters. The minimum Gasteiger partial charge on any atom is -0.488 e. The fourth-order valence-corrected chi connectivity index (χ4v) is 2.77. The van der Waals surface area contributed by atoms with E-state index in [1.54, 1.807) is 0 Å². The van der Waals surface area contributed by atoms with E-state index in [9.17, 15) is 0 Å². The first-order valence-corrected chi connectivity index (χ1v) is 8.48. The van der Waals surface area contributed by atoms with Crippen LogP contribution in [0, 0.1) is 17.8 Å². The number of aryl methyl sites for hydroxylation is 1. The van der Waals surface area contributed by atoms with Crippen molar-refractivity contribution in [2.45, 2.75) is 87.7 Å². The van der Waals surface area contributed by atoms with Crippen LogP contribution >= 0.6 is 0 Å². The Bertz CT molecular complexity index is 467. The Morgan fingerprint density at radius 2 is 1.09 bits per heavy atom. The van der Waals surface area contributed by atoms with E-state index in [1.165, 1.54) is 16.7 Å². The smallest absolute Gasteiger partial charge is 0.126 e. The topological polar surface area (TPSA) is 9.23 Å². The molecule has 0 amide bonds. The van der Waals surface area contributed by atoms with Gasteiger partial charge in [-0.25, -0.2) is 0 Å². The summed E-state index contributed by atoms with van der Waals surface area (Å²) in [6, 6.07) is 4.61. The molecular formula is C21H36O. The standard InChI is InChI=1S/C21H36O/c1-15-11-16(13-19(2,3)4)18(22-21(8,9)10)17(12-15)14-20(5,6)7/h11-12H,13-14H2,1-10H3. The van der Waals surface area contributed by atoms with Gasteiger partial charge in [-0.3, -0.25) is 0 Å². The minimum absolute atomic E-state index is 0.172. The third-order valence-corrected chi connectivity index (χ3v) is 3.24. The second kappa shape index (κ2) is 6.26. The van der Waals surface area contributed by atoms with Crippen LogP contribution in [0.1, 0.15) is 79.0 Å². The normalized spacial score (nSPS) is 13.4. The fourth-order valence-electron chi connectivity index (χ4n) is 2.77. The Balaban J connectivity index is 3.40. The van der Waals surface area contributed by atoms with Crippen LogP contribution in [0.15, 0.2) is 12.1 Å². The summed E-state index contributed by atoms with van der Waals surface area (Å²) in [5.74, 6) is 1.11. The first kappa shape index (κ1) is 19.1. The predicted octanol–water partition coefficient (Wildman–Crippen LogP) is 6.35. The quantitative estimate of drug-likeness (QED) is 0.632. The highest BCUT2D eigenvalue weighted by Crippen LogP contribution is 2.36. The summed E-state index contributed by atoms with van der Waals surface area (Å²) in [4.78, 5) is 0. The van der Waals surface area contributed by atoms with E-state index >= 15 is 0 Å². The first-order valence-electron chi connectivity index (χ1n) is 8.48. The third-order valence-electron chi connectivity index (χ3n) is 3.24. The molecule has 0 aromatic heterocycles. The molecule has 1 aromatic rings. The van der Waals surface area contributed by atoms with Crippen LogP contribution in [-0.2, 0) is 12.8 Å². The Hall–Kier alpha value is -0.980. The lowest BCUT2D eigenvalue weighted by atomic mass is 9.83. The van der Waals surface area contributed by atoms with Gasteiger partial charge in [0.05, 0.1) is 0 Å². The van der Waals surface area contributed by atoms with E-state index in [2.05, 4.69) is 81.4 Å². The average Bonchev–Trinajstić information content (AvgIpc) is 2.16. The van der Waals surface area contributed by atoms with Crippen molar-refractivity contribution in [1.29, 1.82) is 0 Å². The number of hydrogen-bond donors (Lipinski definition) is 0. The van der Waals surface area contributed by atoms with Crippen molar-refractivity contribution in [3.8, 4) is 5.75 Å². The van der Waals surface area contributed by atoms with Gasteiger partial charge >= 0.3 is 0 Å². The van der Waals surface area contributed by atoms with E-state index in [-0.39, 0.29) is 16.4 Å². The second-order valence-corrected chi connectivity index (χ2v) is 10.1. The molecule has 22 heavy (non-hydrogen) atoms. The number of rotatable bonds is 3. The van der Waals surface area contributed by atoms with Crippen LogP contribution in [0.4, 0.5) is 0 Å². The summed E-state index contributed by atoms with van der Waals surface area (Å²) in [6.45, 7) is 22.3. The van der Waals surface area contributed by atoms with Gasteiger partial charge in [0.1, 0.15) is 11.4 Å². The van der Waals surface area contributed by atoms with Gasteiger partial charge in [-0.15, -0.1) is 0 Å². The molecule has 0 heterocycles. The van der Waals surface area contributed by atoms with Gasteiger partial charge in [-0.05, 0) is 62.5 Å². The summed E-state index contributed by atoms with van der Waals surface area (Å²) in [5.41, 5.74) is 4.36. The largest absolute Gasteiger partial charge is 0.488 e. The molecular weight excluding hydrogens is 268 g/mol. The molecule has 0 fully saturated rings. The van der Waals surface area contributed by atoms with Crippen LogP contribution in [0.3, 0.4) is 0 Å². The zero-order valence-corrected chi connectivity index (χ0v) is 16.5. The van der Waals surface area contributed by atoms with Crippen molar-refractivity contribution in [3.63, 3.8) is 0 Å². The fraction of sp³-hybridized carbons (Fsp3) is 0.714. The maximum Gasteiger partial charge on any atom is 0.126 e. The number of benzene rings is 1. The van der Waals surface area contributed by atoms with Crippen LogP contribution in [0.5, 0.6) is 5.75 Å². The molecule has 0 N–H and O–H groups in total. The highest BCUT2D eigenvalue weighted by atomic mass is 16.5. The van der Waals surface area contributed by atoms with Gasteiger partial charge in [0.15, 0.2) is 0 Å². The second-order valence-electron chi connectivity index (χ2n) is 10.1. The lowest BCUT2D eigenvalue weighted by molar-refractivity contribution is 0.126. The van der Waals surface area contributed by atoms with E-state index in [1.807, 2.05) is 0 Å². The maximum atomic E-state index is 6.41. The molecule has 1 aromatic carbocycles. The zero-order valence-electron chi connectivity index (χ0n) is 16.5. The average molecular weight is 305 g/mol. The summed E-state index contributed by atoms with van der Waals surface area (Å²) >= 11 is 0. The van der Waals surface area contributed by atoms with Gasteiger partial charge in [0.25, 0.3) is 0 Å². The highest BCUT2D eigenvalue weighted by Gasteiger charge is 2.24. The molecule has 0 saturated heterocycles. The molecule has 0 unspecified atom stereocenters. The van der Waals surface area contributed by atoms with Crippen LogP contribution < -0.4 is 4.74 Å². The molecule has 0 saturated carbocycles. The monoisotopic (exact) mass is 304 g/mol. The van der Waals surface area contributed by atoms with E-state index in [0.29, 0.717) is 0 Å². The van der Waals surface area contributed by atoms with Crippen LogP contribution in [0.25, 0.3) is 0 Å². The SMILES string of the molecule is Cc1cc(CC(C)(C)C)c(OC(C)(C)C)c(CC(C)(C)C)c1. The highest BCUT2D eigenvalue weighted by molar-refractivity contribution is 5.46. The first-order chi connectivity index (χ1) is 9.66. The Kier molecular flexibility index (Phi) is 5.42. The summed E-state index contributed by atoms with van der Waals surface area (Å²) < 4.78 is 6.41. The van der Waals surface area contributed by atoms with Crippen LogP contribution in [0.2, 0.25) is 0 Å². The summed E-state index contributed by atoms with van der Waals surface area (Å²) in [5, 5.41) is 0. The van der Waals surface area contributed by atoms with Gasteiger partial charge in [0, 0.05) is 0 Å². The van der Waals surface area contributed by atoms with Gasteiger partial charge < -0.3 is 4.74 Å². The molecule has 126 valence electrons. The molecule has 0 bridgehead atoms. The van der Waals surface area contributed by atoms with Gasteiger partial charge in [-0.1, -0.05) is 59.2 Å². The molecule has 0 aliphatic rings. The van der Waals surface area contributed by atoms with Crippen molar-refractivity contribution in [2.75, 3.05) is 0 Å².